The van der Waals surface area contributed by atoms with E-state index in [9.17, 15) is 9.18 Å². The van der Waals surface area contributed by atoms with Crippen molar-refractivity contribution in [2.24, 2.45) is 10.7 Å². The average molecular weight is 428 g/mol. The molecule has 2 heterocycles. The van der Waals surface area contributed by atoms with Gasteiger partial charge in [-0.1, -0.05) is 11.8 Å². The summed E-state index contributed by atoms with van der Waals surface area (Å²) in [5.74, 6) is 0.207. The molecule has 2 aromatic rings. The van der Waals surface area contributed by atoms with Gasteiger partial charge in [-0.05, 0) is 59.6 Å². The number of amides is 1. The normalized spacial score (nSPS) is 20.5. The molecule has 0 bridgehead atoms. The van der Waals surface area contributed by atoms with E-state index >= 15 is 0 Å². The van der Waals surface area contributed by atoms with Crippen molar-refractivity contribution < 1.29 is 9.18 Å². The molecule has 1 atom stereocenters. The number of benzene rings is 1. The van der Waals surface area contributed by atoms with Crippen LogP contribution in [0.1, 0.15) is 28.6 Å². The van der Waals surface area contributed by atoms with E-state index in [4.69, 9.17) is 5.73 Å². The molecule has 0 fully saturated rings. The fraction of sp³-hybridized carbons (Fsp3) is 0.250. The summed E-state index contributed by atoms with van der Waals surface area (Å²) in [5.41, 5.74) is 6.07. The maximum absolute atomic E-state index is 14.4. The van der Waals surface area contributed by atoms with E-state index < -0.39 is 5.54 Å². The Morgan fingerprint density at radius 3 is 2.88 bits per heavy atom. The lowest BCUT2D eigenvalue weighted by molar-refractivity contribution is 0.103. The second kappa shape index (κ2) is 6.85. The summed E-state index contributed by atoms with van der Waals surface area (Å²) in [6, 6.07) is 8.09. The first-order valence-electron chi connectivity index (χ1n) is 7.22. The van der Waals surface area contributed by atoms with E-state index in [0.29, 0.717) is 27.7 Å². The second-order valence-electron chi connectivity index (χ2n) is 5.57. The quantitative estimate of drug-likeness (QED) is 0.753. The van der Waals surface area contributed by atoms with Crippen LogP contribution in [0, 0.1) is 5.82 Å². The summed E-state index contributed by atoms with van der Waals surface area (Å²) in [6.45, 7) is 1.86. The number of nitrogens with one attached hydrogen (secondary N) is 1. The lowest BCUT2D eigenvalue weighted by Crippen LogP contribution is -2.29. The maximum atomic E-state index is 14.4. The monoisotopic (exact) mass is 427 g/mol. The Labute approximate surface area is 155 Å². The third kappa shape index (κ3) is 3.65. The van der Waals surface area contributed by atoms with Crippen LogP contribution < -0.4 is 11.1 Å². The van der Waals surface area contributed by atoms with Crippen LogP contribution in [0.2, 0.25) is 0 Å². The zero-order valence-electron chi connectivity index (χ0n) is 12.8. The number of carbonyl (C=O) groups excluding carboxylic acids is 1. The van der Waals surface area contributed by atoms with Crippen LogP contribution >= 0.6 is 39.0 Å². The van der Waals surface area contributed by atoms with Gasteiger partial charge >= 0.3 is 0 Å². The third-order valence-electron chi connectivity index (χ3n) is 3.80. The highest BCUT2D eigenvalue weighted by Crippen LogP contribution is 2.37. The summed E-state index contributed by atoms with van der Waals surface area (Å²) in [7, 11) is 0. The molecule has 8 heteroatoms. The first kappa shape index (κ1) is 17.4. The Morgan fingerprint density at radius 1 is 1.42 bits per heavy atom. The van der Waals surface area contributed by atoms with Gasteiger partial charge in [-0.3, -0.25) is 9.79 Å². The molecular weight excluding hydrogens is 413 g/mol. The molecule has 3 N–H and O–H groups in total. The molecule has 0 spiro atoms. The fourth-order valence-electron chi connectivity index (χ4n) is 2.53. The minimum absolute atomic E-state index is 0.226. The summed E-state index contributed by atoms with van der Waals surface area (Å²) in [4.78, 5) is 17.3. The largest absolute Gasteiger partial charge is 0.379 e. The number of nitrogens with zero attached hydrogens (tertiary/aromatic N) is 1. The molecule has 0 radical (unpaired) electrons. The number of hydrogen-bond acceptors (Lipinski definition) is 5. The summed E-state index contributed by atoms with van der Waals surface area (Å²) < 4.78 is 15.2. The van der Waals surface area contributed by atoms with Gasteiger partial charge in [0.15, 0.2) is 5.17 Å². The van der Waals surface area contributed by atoms with Gasteiger partial charge in [-0.25, -0.2) is 4.39 Å². The van der Waals surface area contributed by atoms with Gasteiger partial charge in [0, 0.05) is 17.0 Å². The van der Waals surface area contributed by atoms with Gasteiger partial charge in [0.2, 0.25) is 0 Å². The zero-order valence-corrected chi connectivity index (χ0v) is 16.0. The van der Waals surface area contributed by atoms with Crippen LogP contribution in [0.15, 0.2) is 39.1 Å². The van der Waals surface area contributed by atoms with E-state index in [1.165, 1.54) is 29.2 Å². The van der Waals surface area contributed by atoms with Gasteiger partial charge in [-0.15, -0.1) is 11.3 Å². The number of carbonyl (C=O) groups is 1. The number of hydrogen-bond donors (Lipinski definition) is 2. The van der Waals surface area contributed by atoms with Crippen LogP contribution in [-0.4, -0.2) is 16.8 Å². The summed E-state index contributed by atoms with van der Waals surface area (Å²) in [5, 5.41) is 3.27. The minimum Gasteiger partial charge on any atom is -0.379 e. The van der Waals surface area contributed by atoms with Crippen LogP contribution in [0.3, 0.4) is 0 Å². The van der Waals surface area contributed by atoms with E-state index in [1.54, 1.807) is 18.2 Å². The standard InChI is InChI=1S/C16H15BrFN3OS2/c1-16(6-7-23-15(19)21-16)10-8-9(2-3-11(10)18)20-14(22)12-4-5-13(17)24-12/h2-5,8H,6-7H2,1H3,(H2,19,21)(H,20,22). The third-order valence-corrected chi connectivity index (χ3v) is 6.21. The molecule has 24 heavy (non-hydrogen) atoms. The highest BCUT2D eigenvalue weighted by molar-refractivity contribution is 9.11. The molecule has 0 aliphatic carbocycles. The zero-order chi connectivity index (χ0) is 17.3. The molecule has 1 aliphatic rings. The second-order valence-corrected chi connectivity index (χ2v) is 9.15. The van der Waals surface area contributed by atoms with Gasteiger partial charge in [0.25, 0.3) is 5.91 Å². The van der Waals surface area contributed by atoms with Crippen LogP contribution in [-0.2, 0) is 5.54 Å². The van der Waals surface area contributed by atoms with Crippen molar-refractivity contribution in [1.29, 1.82) is 0 Å². The van der Waals surface area contributed by atoms with Gasteiger partial charge in [-0.2, -0.15) is 0 Å². The highest BCUT2D eigenvalue weighted by Gasteiger charge is 2.32. The van der Waals surface area contributed by atoms with Crippen molar-refractivity contribution in [3.8, 4) is 0 Å². The summed E-state index contributed by atoms with van der Waals surface area (Å²) in [6.07, 6.45) is 0.685. The maximum Gasteiger partial charge on any atom is 0.265 e. The SMILES string of the molecule is CC1(c2cc(NC(=O)c3ccc(Br)s3)ccc2F)CCSC(N)=N1. The number of halogens is 2. The predicted octanol–water partition coefficient (Wildman–Crippen LogP) is 4.57. The number of rotatable bonds is 3. The molecule has 1 aromatic heterocycles. The van der Waals surface area contributed by atoms with Crippen molar-refractivity contribution in [2.75, 3.05) is 11.1 Å². The highest BCUT2D eigenvalue weighted by atomic mass is 79.9. The topological polar surface area (TPSA) is 67.5 Å². The Kier molecular flexibility index (Phi) is 4.98. The van der Waals surface area contributed by atoms with Crippen molar-refractivity contribution in [3.63, 3.8) is 0 Å². The van der Waals surface area contributed by atoms with E-state index in [0.717, 1.165) is 9.54 Å². The molecule has 1 aliphatic heterocycles. The number of nitrogens with two attached hydrogens (primary N) is 1. The molecule has 1 aromatic carbocycles. The van der Waals surface area contributed by atoms with E-state index in [-0.39, 0.29) is 11.7 Å². The molecule has 0 saturated heterocycles. The van der Waals surface area contributed by atoms with Crippen LogP contribution in [0.4, 0.5) is 10.1 Å². The molecule has 126 valence electrons. The lowest BCUT2D eigenvalue weighted by Gasteiger charge is -2.30. The van der Waals surface area contributed by atoms with Gasteiger partial charge in [0.05, 0.1) is 14.2 Å². The molecule has 4 nitrogen and oxygen atoms in total. The van der Waals surface area contributed by atoms with E-state index in [1.807, 2.05) is 13.0 Å². The van der Waals surface area contributed by atoms with Crippen LogP contribution in [0.5, 0.6) is 0 Å². The minimum atomic E-state index is -0.716. The molecule has 1 unspecified atom stereocenters. The predicted molar refractivity (Wildman–Crippen MR) is 102 cm³/mol. The van der Waals surface area contributed by atoms with Crippen LogP contribution in [0.25, 0.3) is 0 Å². The summed E-state index contributed by atoms with van der Waals surface area (Å²) >= 11 is 6.14. The Hall–Kier alpha value is -1.38. The fourth-order valence-corrected chi connectivity index (χ4v) is 4.78. The number of thioether (sulfide) groups is 1. The number of amidine groups is 1. The van der Waals surface area contributed by atoms with E-state index in [2.05, 4.69) is 26.2 Å². The number of thiophene rings is 1. The Morgan fingerprint density at radius 2 is 2.21 bits per heavy atom. The molecular formula is C16H15BrFN3OS2. The van der Waals surface area contributed by atoms with Crippen molar-refractivity contribution >= 4 is 55.8 Å². The number of aliphatic imine (C=N–C) groups is 1. The molecule has 1 amide bonds. The number of anilines is 1. The Balaban J connectivity index is 1.89. The van der Waals surface area contributed by atoms with Gasteiger partial charge < -0.3 is 11.1 Å². The van der Waals surface area contributed by atoms with Gasteiger partial charge in [0.1, 0.15) is 5.82 Å². The lowest BCUT2D eigenvalue weighted by atomic mass is 9.89. The Bertz CT molecular complexity index is 823. The van der Waals surface area contributed by atoms with Crippen molar-refractivity contribution in [1.82, 2.24) is 0 Å². The average Bonchev–Trinajstić information content (AvgIpc) is 2.95. The van der Waals surface area contributed by atoms with Crippen molar-refractivity contribution in [2.45, 2.75) is 18.9 Å². The molecule has 3 rings (SSSR count). The molecule has 0 saturated carbocycles. The first-order valence-corrected chi connectivity index (χ1v) is 9.82. The first-order chi connectivity index (χ1) is 11.4. The smallest absolute Gasteiger partial charge is 0.265 e. The van der Waals surface area contributed by atoms with Crippen molar-refractivity contribution in [3.05, 3.63) is 50.4 Å².